The largest absolute Gasteiger partial charge is 0.513 e. The van der Waals surface area contributed by atoms with E-state index in [1.807, 2.05) is 0 Å². The smallest absolute Gasteiger partial charge is 0.432 e. The Kier molecular flexibility index (Phi) is 10.5. The van der Waals surface area contributed by atoms with Crippen LogP contribution < -0.4 is 10.1 Å². The van der Waals surface area contributed by atoms with Crippen LogP contribution in [0, 0.1) is 10.1 Å². The van der Waals surface area contributed by atoms with E-state index in [2.05, 4.69) is 5.32 Å². The van der Waals surface area contributed by atoms with Crippen LogP contribution in [0.2, 0.25) is 0 Å². The van der Waals surface area contributed by atoms with Crippen LogP contribution in [0.25, 0.3) is 0 Å². The summed E-state index contributed by atoms with van der Waals surface area (Å²) in [6.45, 7) is 1.64. The van der Waals surface area contributed by atoms with E-state index in [-0.39, 0.29) is 35.6 Å². The van der Waals surface area contributed by atoms with E-state index in [4.69, 9.17) is 9.47 Å². The minimum absolute atomic E-state index is 0.0488. The first-order valence-electron chi connectivity index (χ1n) is 8.37. The van der Waals surface area contributed by atoms with Crippen LogP contribution in [-0.2, 0) is 14.3 Å². The molecule has 1 aromatic carbocycles. The average molecular weight is 398 g/mol. The molecule has 27 heavy (non-hydrogen) atoms. The Morgan fingerprint density at radius 3 is 2.48 bits per heavy atom. The van der Waals surface area contributed by atoms with Gasteiger partial charge in [0.25, 0.3) is 5.69 Å². The number of carbonyl (C=O) groups is 3. The highest BCUT2D eigenvalue weighted by atomic mass is 32.2. The molecule has 0 aliphatic rings. The number of hydrogen-bond acceptors (Lipinski definition) is 8. The number of unbranched alkanes of at least 4 members (excludes halogenated alkanes) is 2. The van der Waals surface area contributed by atoms with Crippen LogP contribution in [0.1, 0.15) is 32.6 Å². The second kappa shape index (κ2) is 12.7. The fraction of sp³-hybridized carbons (Fsp3) is 0.471. The Morgan fingerprint density at radius 2 is 1.85 bits per heavy atom. The van der Waals surface area contributed by atoms with Crippen LogP contribution in [0.15, 0.2) is 24.3 Å². The van der Waals surface area contributed by atoms with Crippen molar-refractivity contribution in [3.63, 3.8) is 0 Å². The van der Waals surface area contributed by atoms with Gasteiger partial charge in [0, 0.05) is 31.2 Å². The number of hydrogen-bond donors (Lipinski definition) is 1. The molecule has 9 nitrogen and oxygen atoms in total. The monoisotopic (exact) mass is 398 g/mol. The molecule has 0 aromatic heterocycles. The van der Waals surface area contributed by atoms with E-state index < -0.39 is 11.1 Å². The van der Waals surface area contributed by atoms with Gasteiger partial charge in [-0.25, -0.2) is 4.79 Å². The quantitative estimate of drug-likeness (QED) is 0.198. The molecule has 0 heterocycles. The fourth-order valence-corrected chi connectivity index (χ4v) is 2.59. The minimum atomic E-state index is -0.957. The Bertz CT molecular complexity index is 649. The van der Waals surface area contributed by atoms with E-state index in [9.17, 15) is 24.5 Å². The van der Waals surface area contributed by atoms with Crippen molar-refractivity contribution < 1.29 is 28.8 Å². The fourth-order valence-electron chi connectivity index (χ4n) is 1.96. The summed E-state index contributed by atoms with van der Waals surface area (Å²) in [7, 11) is 0. The van der Waals surface area contributed by atoms with Gasteiger partial charge < -0.3 is 14.8 Å². The summed E-state index contributed by atoms with van der Waals surface area (Å²) >= 11 is 1.28. The van der Waals surface area contributed by atoms with E-state index >= 15 is 0 Å². The molecule has 0 atom stereocenters. The maximum Gasteiger partial charge on any atom is 0.513 e. The standard InChI is InChI=1S/C17H22N2O7S/c1-13(20)27-12-4-2-3-5-16(21)18-10-11-25-17(22)26-15-8-6-14(7-9-15)19(23)24/h6-9H,2-5,10-12H2,1H3,(H,18,21). The molecular formula is C17H22N2O7S. The zero-order valence-corrected chi connectivity index (χ0v) is 15.8. The van der Waals surface area contributed by atoms with Crippen molar-refractivity contribution in [2.24, 2.45) is 0 Å². The lowest BCUT2D eigenvalue weighted by molar-refractivity contribution is -0.384. The van der Waals surface area contributed by atoms with Crippen molar-refractivity contribution in [3.05, 3.63) is 34.4 Å². The molecule has 0 spiro atoms. The van der Waals surface area contributed by atoms with Gasteiger partial charge in [-0.05, 0) is 25.0 Å². The molecule has 0 unspecified atom stereocenters. The van der Waals surface area contributed by atoms with Gasteiger partial charge in [-0.3, -0.25) is 19.7 Å². The third-order valence-electron chi connectivity index (χ3n) is 3.25. The molecule has 0 saturated heterocycles. The number of benzene rings is 1. The second-order valence-corrected chi connectivity index (χ2v) is 6.72. The SMILES string of the molecule is CC(=O)SCCCCCC(=O)NCCOC(=O)Oc1ccc([N+](=O)[O-])cc1. The van der Waals surface area contributed by atoms with Crippen molar-refractivity contribution in [2.75, 3.05) is 18.9 Å². The molecule has 1 N–H and O–H groups in total. The minimum Gasteiger partial charge on any atom is -0.432 e. The number of nitrogens with zero attached hydrogens (tertiary/aromatic N) is 1. The number of rotatable bonds is 11. The molecule has 1 rings (SSSR count). The summed E-state index contributed by atoms with van der Waals surface area (Å²) in [6, 6.07) is 5.00. The Morgan fingerprint density at radius 1 is 1.15 bits per heavy atom. The molecule has 0 saturated carbocycles. The molecule has 0 radical (unpaired) electrons. The Hall–Kier alpha value is -2.62. The maximum absolute atomic E-state index is 11.6. The molecule has 1 amide bonds. The molecule has 148 valence electrons. The predicted octanol–water partition coefficient (Wildman–Crippen LogP) is 3.07. The zero-order chi connectivity index (χ0) is 20.1. The number of amides is 1. The van der Waals surface area contributed by atoms with Gasteiger partial charge in [0.2, 0.25) is 5.91 Å². The first kappa shape index (κ1) is 22.4. The van der Waals surface area contributed by atoms with E-state index in [1.165, 1.54) is 43.0 Å². The lowest BCUT2D eigenvalue weighted by Gasteiger charge is -2.07. The second-order valence-electron chi connectivity index (χ2n) is 5.45. The van der Waals surface area contributed by atoms with Crippen LogP contribution >= 0.6 is 11.8 Å². The van der Waals surface area contributed by atoms with E-state index in [0.29, 0.717) is 6.42 Å². The highest BCUT2D eigenvalue weighted by molar-refractivity contribution is 8.13. The lowest BCUT2D eigenvalue weighted by Crippen LogP contribution is -2.28. The Labute approximate surface area is 160 Å². The summed E-state index contributed by atoms with van der Waals surface area (Å²) in [5, 5.41) is 13.2. The van der Waals surface area contributed by atoms with Gasteiger partial charge in [-0.15, -0.1) is 0 Å². The molecule has 0 fully saturated rings. The van der Waals surface area contributed by atoms with Gasteiger partial charge >= 0.3 is 6.16 Å². The molecule has 10 heteroatoms. The number of nitro groups is 1. The normalized spacial score (nSPS) is 10.1. The molecule has 1 aromatic rings. The predicted molar refractivity (Wildman–Crippen MR) is 99.7 cm³/mol. The summed E-state index contributed by atoms with van der Waals surface area (Å²) in [5.74, 6) is 0.751. The highest BCUT2D eigenvalue weighted by Gasteiger charge is 2.09. The number of ether oxygens (including phenoxy) is 2. The maximum atomic E-state index is 11.6. The first-order chi connectivity index (χ1) is 12.9. The van der Waals surface area contributed by atoms with Crippen molar-refractivity contribution in [2.45, 2.75) is 32.6 Å². The number of thioether (sulfide) groups is 1. The van der Waals surface area contributed by atoms with Crippen LogP contribution in [0.3, 0.4) is 0 Å². The summed E-state index contributed by atoms with van der Waals surface area (Å²) in [6.07, 6.45) is 1.90. The zero-order valence-electron chi connectivity index (χ0n) is 15.0. The third-order valence-corrected chi connectivity index (χ3v) is 4.15. The Balaban J connectivity index is 2.07. The van der Waals surface area contributed by atoms with Crippen molar-refractivity contribution >= 4 is 34.6 Å². The van der Waals surface area contributed by atoms with E-state index in [1.54, 1.807) is 0 Å². The van der Waals surface area contributed by atoms with Crippen LogP contribution in [0.5, 0.6) is 5.75 Å². The number of nitrogens with one attached hydrogen (secondary N) is 1. The number of carbonyl (C=O) groups excluding carboxylic acids is 3. The third kappa shape index (κ3) is 10.9. The number of nitro benzene ring substituents is 1. The molecule has 0 bridgehead atoms. The summed E-state index contributed by atoms with van der Waals surface area (Å²) in [5.41, 5.74) is -0.115. The highest BCUT2D eigenvalue weighted by Crippen LogP contribution is 2.17. The number of non-ortho nitro benzene ring substituents is 1. The van der Waals surface area contributed by atoms with Crippen molar-refractivity contribution in [3.8, 4) is 5.75 Å². The molecular weight excluding hydrogens is 376 g/mol. The van der Waals surface area contributed by atoms with Gasteiger partial charge in [0.15, 0.2) is 5.12 Å². The first-order valence-corrected chi connectivity index (χ1v) is 9.36. The van der Waals surface area contributed by atoms with Crippen LogP contribution in [0.4, 0.5) is 10.5 Å². The van der Waals surface area contributed by atoms with Gasteiger partial charge in [0.1, 0.15) is 12.4 Å². The van der Waals surface area contributed by atoms with Gasteiger partial charge in [-0.2, -0.15) is 0 Å². The van der Waals surface area contributed by atoms with Crippen LogP contribution in [-0.4, -0.2) is 41.0 Å². The van der Waals surface area contributed by atoms with E-state index in [0.717, 1.165) is 25.0 Å². The molecule has 0 aliphatic carbocycles. The summed E-state index contributed by atoms with van der Waals surface area (Å²) < 4.78 is 9.66. The molecule has 0 aliphatic heterocycles. The van der Waals surface area contributed by atoms with Gasteiger partial charge in [-0.1, -0.05) is 18.2 Å². The van der Waals surface area contributed by atoms with Crippen molar-refractivity contribution in [1.29, 1.82) is 0 Å². The van der Waals surface area contributed by atoms with Crippen molar-refractivity contribution in [1.82, 2.24) is 5.32 Å². The lowest BCUT2D eigenvalue weighted by atomic mass is 10.2. The summed E-state index contributed by atoms with van der Waals surface area (Å²) in [4.78, 5) is 43.8. The average Bonchev–Trinajstić information content (AvgIpc) is 2.62. The topological polar surface area (TPSA) is 125 Å². The van der Waals surface area contributed by atoms with Gasteiger partial charge in [0.05, 0.1) is 11.5 Å².